The second-order valence-electron chi connectivity index (χ2n) is 13.3. The van der Waals surface area contributed by atoms with Gasteiger partial charge in [0.2, 0.25) is 5.91 Å². The van der Waals surface area contributed by atoms with E-state index >= 15 is 0 Å². The predicted octanol–water partition coefficient (Wildman–Crippen LogP) is 4.83. The third kappa shape index (κ3) is 11.0. The van der Waals surface area contributed by atoms with E-state index in [1.165, 1.54) is 24.2 Å². The van der Waals surface area contributed by atoms with Gasteiger partial charge in [-0.15, -0.1) is 0 Å². The Morgan fingerprint density at radius 2 is 1.80 bits per heavy atom. The fraction of sp³-hybridized carbons (Fsp3) is 0.657. The lowest BCUT2D eigenvalue weighted by Crippen LogP contribution is -2.56. The molecule has 3 unspecified atom stereocenters. The normalized spacial score (nSPS) is 18.4. The van der Waals surface area contributed by atoms with Gasteiger partial charge < -0.3 is 29.9 Å². The average molecular weight is 656 g/mol. The number of H-pyrrole nitrogens is 1. The summed E-state index contributed by atoms with van der Waals surface area (Å²) in [5, 5.41) is 14.5. The Hall–Kier alpha value is -3.05. The van der Waals surface area contributed by atoms with Gasteiger partial charge in [0.1, 0.15) is 6.04 Å². The Balaban J connectivity index is 1.55. The Morgan fingerprint density at radius 3 is 2.46 bits per heavy atom. The number of hydrogen-bond acceptors (Lipinski definition) is 7. The Labute approximate surface area is 278 Å². The van der Waals surface area contributed by atoms with Crippen molar-refractivity contribution in [2.75, 3.05) is 31.6 Å². The number of rotatable bonds is 15. The number of aromatic nitrogens is 2. The Morgan fingerprint density at radius 1 is 1.09 bits per heavy atom. The highest BCUT2D eigenvalue weighted by atomic mass is 32.2. The molecule has 254 valence electrons. The first-order chi connectivity index (χ1) is 22.2. The van der Waals surface area contributed by atoms with Crippen molar-refractivity contribution in [3.05, 3.63) is 54.1 Å². The summed E-state index contributed by atoms with van der Waals surface area (Å²) in [7, 11) is 1.59. The molecule has 2 aliphatic rings. The highest BCUT2D eigenvalue weighted by Crippen LogP contribution is 2.29. The Bertz CT molecular complexity index is 1200. The zero-order valence-electron chi connectivity index (χ0n) is 27.7. The van der Waals surface area contributed by atoms with Crippen LogP contribution >= 0.6 is 11.8 Å². The number of carbonyl (C=O) groups is 3. The van der Waals surface area contributed by atoms with E-state index in [9.17, 15) is 19.5 Å². The standard InChI is InChI=1S/C35H53N5O5S/c1-25(2)14-15-31(41)29(20-26-10-6-4-7-11-26)38-33(42)30(22-28-23-36-24-37-28)39(3)34(43)32(21-27-12-8-5-9-13-27)45-35(44)40-16-18-46-19-17-40/h5,8-9,12-13,23-26,29-32,41H,4,6-7,10-11,14-22H2,1-3H3,(H,36,37)(H,38,42)/t29?,30-,31?,32?/m0/s1. The molecule has 4 atom stereocenters. The number of aliphatic hydroxyl groups is 1. The lowest BCUT2D eigenvalue weighted by molar-refractivity contribution is -0.146. The highest BCUT2D eigenvalue weighted by Gasteiger charge is 2.37. The molecular formula is C35H53N5O5S. The molecule has 2 aromatic rings. The predicted molar refractivity (Wildman–Crippen MR) is 181 cm³/mol. The molecule has 2 heterocycles. The topological polar surface area (TPSA) is 128 Å². The van der Waals surface area contributed by atoms with Crippen molar-refractivity contribution in [2.45, 2.75) is 102 Å². The quantitative estimate of drug-likeness (QED) is 0.251. The van der Waals surface area contributed by atoms with E-state index in [-0.39, 0.29) is 18.7 Å². The smallest absolute Gasteiger partial charge is 0.410 e. The fourth-order valence-corrected chi connectivity index (χ4v) is 7.32. The van der Waals surface area contributed by atoms with Gasteiger partial charge in [0.15, 0.2) is 6.10 Å². The summed E-state index contributed by atoms with van der Waals surface area (Å²) in [6.45, 7) is 5.40. The van der Waals surface area contributed by atoms with Crippen LogP contribution in [0.3, 0.4) is 0 Å². The summed E-state index contributed by atoms with van der Waals surface area (Å²) in [6, 6.07) is 8.13. The molecule has 0 spiro atoms. The van der Waals surface area contributed by atoms with Crippen LogP contribution in [-0.2, 0) is 27.2 Å². The summed E-state index contributed by atoms with van der Waals surface area (Å²) >= 11 is 1.78. The molecule has 3 N–H and O–H groups in total. The maximum Gasteiger partial charge on any atom is 0.410 e. The molecule has 0 radical (unpaired) electrons. The minimum atomic E-state index is -1.11. The van der Waals surface area contributed by atoms with Crippen molar-refractivity contribution in [3.8, 4) is 0 Å². The minimum Gasteiger partial charge on any atom is -0.436 e. The van der Waals surface area contributed by atoms with Crippen LogP contribution < -0.4 is 5.32 Å². The van der Waals surface area contributed by atoms with Gasteiger partial charge in [0.25, 0.3) is 5.91 Å². The number of imidazole rings is 1. The van der Waals surface area contributed by atoms with Crippen LogP contribution in [0.4, 0.5) is 4.79 Å². The zero-order valence-corrected chi connectivity index (χ0v) is 28.6. The van der Waals surface area contributed by atoms with Crippen LogP contribution in [0.15, 0.2) is 42.9 Å². The molecule has 1 saturated carbocycles. The van der Waals surface area contributed by atoms with Gasteiger partial charge in [-0.25, -0.2) is 9.78 Å². The molecule has 0 bridgehead atoms. The number of ether oxygens (including phenoxy) is 1. The molecule has 46 heavy (non-hydrogen) atoms. The molecule has 1 aromatic carbocycles. The van der Waals surface area contributed by atoms with Crippen LogP contribution in [0.25, 0.3) is 0 Å². The van der Waals surface area contributed by atoms with E-state index in [1.54, 1.807) is 36.2 Å². The Kier molecular flexibility index (Phi) is 14.3. The van der Waals surface area contributed by atoms with Crippen molar-refractivity contribution in [3.63, 3.8) is 0 Å². The van der Waals surface area contributed by atoms with E-state index in [4.69, 9.17) is 4.74 Å². The maximum atomic E-state index is 14.2. The second kappa shape index (κ2) is 18.3. The van der Waals surface area contributed by atoms with Crippen molar-refractivity contribution in [1.29, 1.82) is 0 Å². The van der Waals surface area contributed by atoms with Gasteiger partial charge in [0, 0.05) is 56.4 Å². The summed E-state index contributed by atoms with van der Waals surface area (Å²) in [5.41, 5.74) is 1.55. The molecule has 1 aliphatic heterocycles. The first-order valence-electron chi connectivity index (χ1n) is 17.0. The van der Waals surface area contributed by atoms with Gasteiger partial charge in [-0.05, 0) is 36.7 Å². The molecule has 2 fully saturated rings. The van der Waals surface area contributed by atoms with Crippen LogP contribution in [0, 0.1) is 11.8 Å². The first kappa shape index (κ1) is 35.8. The number of hydrogen-bond donors (Lipinski definition) is 3. The number of thioether (sulfide) groups is 1. The number of carbonyl (C=O) groups excluding carboxylic acids is 3. The number of likely N-dealkylation sites (N-methyl/N-ethyl adjacent to an activating group) is 1. The van der Waals surface area contributed by atoms with Crippen molar-refractivity contribution >= 4 is 29.7 Å². The van der Waals surface area contributed by atoms with Crippen LogP contribution in [-0.4, -0.2) is 98.7 Å². The lowest BCUT2D eigenvalue weighted by Gasteiger charge is -2.35. The average Bonchev–Trinajstić information content (AvgIpc) is 3.59. The van der Waals surface area contributed by atoms with E-state index in [2.05, 4.69) is 29.1 Å². The minimum absolute atomic E-state index is 0.189. The molecule has 1 aromatic heterocycles. The highest BCUT2D eigenvalue weighted by molar-refractivity contribution is 7.99. The number of aliphatic hydroxyl groups excluding tert-OH is 1. The van der Waals surface area contributed by atoms with Gasteiger partial charge in [0.05, 0.1) is 18.5 Å². The zero-order chi connectivity index (χ0) is 32.9. The summed E-state index contributed by atoms with van der Waals surface area (Å²) in [5.74, 6) is 1.74. The molecular weight excluding hydrogens is 602 g/mol. The summed E-state index contributed by atoms with van der Waals surface area (Å²) in [6.07, 6.45) is 9.20. The van der Waals surface area contributed by atoms with Gasteiger partial charge in [-0.2, -0.15) is 11.8 Å². The molecule has 1 aliphatic carbocycles. The van der Waals surface area contributed by atoms with Gasteiger partial charge in [-0.3, -0.25) is 9.59 Å². The molecule has 3 amide bonds. The third-order valence-corrected chi connectivity index (χ3v) is 10.2. The van der Waals surface area contributed by atoms with E-state index in [0.717, 1.165) is 36.3 Å². The number of nitrogens with one attached hydrogen (secondary N) is 2. The van der Waals surface area contributed by atoms with Crippen LogP contribution in [0.2, 0.25) is 0 Å². The first-order valence-corrected chi connectivity index (χ1v) is 18.2. The van der Waals surface area contributed by atoms with Gasteiger partial charge in [-0.1, -0.05) is 76.3 Å². The summed E-state index contributed by atoms with van der Waals surface area (Å²) < 4.78 is 5.91. The second-order valence-corrected chi connectivity index (χ2v) is 14.5. The monoisotopic (exact) mass is 655 g/mol. The number of benzene rings is 1. The van der Waals surface area contributed by atoms with E-state index in [1.807, 2.05) is 30.3 Å². The van der Waals surface area contributed by atoms with Crippen molar-refractivity contribution in [1.82, 2.24) is 25.1 Å². The third-order valence-electron chi connectivity index (χ3n) is 9.28. The fourth-order valence-electron chi connectivity index (χ4n) is 6.42. The van der Waals surface area contributed by atoms with Crippen LogP contribution in [0.5, 0.6) is 0 Å². The van der Waals surface area contributed by atoms with Crippen molar-refractivity contribution < 1.29 is 24.2 Å². The number of aromatic amines is 1. The maximum absolute atomic E-state index is 14.2. The van der Waals surface area contributed by atoms with Crippen LogP contribution in [0.1, 0.15) is 76.5 Å². The summed E-state index contributed by atoms with van der Waals surface area (Å²) in [4.78, 5) is 51.9. The lowest BCUT2D eigenvalue weighted by atomic mass is 9.83. The number of nitrogens with zero attached hydrogens (tertiary/aromatic N) is 3. The number of amides is 3. The molecule has 1 saturated heterocycles. The molecule has 10 nitrogen and oxygen atoms in total. The van der Waals surface area contributed by atoms with Crippen molar-refractivity contribution in [2.24, 2.45) is 11.8 Å². The SMILES string of the molecule is CC(C)CCC(O)C(CC1CCCCC1)NC(=O)[C@H](Cc1cnc[nH]1)N(C)C(=O)C(Cc1ccccc1)OC(=O)N1CCSCC1. The van der Waals surface area contributed by atoms with E-state index in [0.29, 0.717) is 43.5 Å². The molecule has 11 heteroatoms. The largest absolute Gasteiger partial charge is 0.436 e. The molecule has 4 rings (SSSR count). The van der Waals surface area contributed by atoms with E-state index < -0.39 is 36.3 Å². The van der Waals surface area contributed by atoms with Gasteiger partial charge >= 0.3 is 6.09 Å².